The van der Waals surface area contributed by atoms with E-state index in [1.807, 2.05) is 61.5 Å². The van der Waals surface area contributed by atoms with Crippen LogP contribution < -0.4 is 20.3 Å². The first-order valence-corrected chi connectivity index (χ1v) is 12.8. The summed E-state index contributed by atoms with van der Waals surface area (Å²) in [6.07, 6.45) is 1.55. The highest BCUT2D eigenvalue weighted by atomic mass is 16.5. The molecule has 1 fully saturated rings. The van der Waals surface area contributed by atoms with Crippen LogP contribution in [-0.4, -0.2) is 50.2 Å². The van der Waals surface area contributed by atoms with E-state index in [2.05, 4.69) is 20.5 Å². The number of morpholine rings is 1. The van der Waals surface area contributed by atoms with Crippen molar-refractivity contribution in [2.24, 2.45) is 0 Å². The number of methoxy groups -OCH3 is 1. The van der Waals surface area contributed by atoms with Crippen molar-refractivity contribution in [3.8, 4) is 17.0 Å². The molecule has 2 amide bonds. The van der Waals surface area contributed by atoms with E-state index in [9.17, 15) is 9.59 Å². The molecule has 198 valence electrons. The third-order valence-corrected chi connectivity index (χ3v) is 6.66. The minimum absolute atomic E-state index is 0.181. The van der Waals surface area contributed by atoms with Gasteiger partial charge in [-0.25, -0.2) is 4.98 Å². The number of nitrogens with one attached hydrogen (secondary N) is 2. The number of hydrogen-bond acceptors (Lipinski definition) is 6. The number of ether oxygens (including phenoxy) is 2. The van der Waals surface area contributed by atoms with Crippen LogP contribution in [0.2, 0.25) is 0 Å². The van der Waals surface area contributed by atoms with Gasteiger partial charge in [0.2, 0.25) is 5.88 Å². The van der Waals surface area contributed by atoms with Crippen molar-refractivity contribution >= 4 is 28.9 Å². The lowest BCUT2D eigenvalue weighted by Gasteiger charge is -2.28. The number of anilines is 3. The molecule has 1 aromatic heterocycles. The van der Waals surface area contributed by atoms with Gasteiger partial charge in [0.1, 0.15) is 0 Å². The maximum absolute atomic E-state index is 13.0. The first-order chi connectivity index (χ1) is 19.0. The molecule has 1 saturated heterocycles. The molecule has 0 saturated carbocycles. The SMILES string of the molecule is COc1ccc(NC(=O)c2ccc(-c3cc(C(=O)Nc4ccc(N5CCOCC5)cc4)ccc3C)cc2)cn1. The number of amides is 2. The summed E-state index contributed by atoms with van der Waals surface area (Å²) in [5.74, 6) is 0.0581. The standard InChI is InChI=1S/C31H30N4O4/c1-21-3-4-24(31(37)33-25-9-12-27(13-10-25)35-15-17-39-18-16-35)19-28(21)22-5-7-23(8-6-22)30(36)34-26-11-14-29(38-2)32-20-26/h3-14,19-20H,15-18H2,1-2H3,(H,33,37)(H,34,36). The number of nitrogens with zero attached hydrogens (tertiary/aromatic N) is 2. The van der Waals surface area contributed by atoms with Crippen LogP contribution >= 0.6 is 0 Å². The number of hydrogen-bond donors (Lipinski definition) is 2. The van der Waals surface area contributed by atoms with Crippen LogP contribution in [-0.2, 0) is 4.74 Å². The monoisotopic (exact) mass is 522 g/mol. The summed E-state index contributed by atoms with van der Waals surface area (Å²) < 4.78 is 10.5. The fourth-order valence-electron chi connectivity index (χ4n) is 4.43. The van der Waals surface area contributed by atoms with Gasteiger partial charge in [0, 0.05) is 41.7 Å². The lowest BCUT2D eigenvalue weighted by Crippen LogP contribution is -2.36. The average Bonchev–Trinajstić information content (AvgIpc) is 2.98. The molecule has 0 atom stereocenters. The molecule has 0 unspecified atom stereocenters. The second-order valence-corrected chi connectivity index (χ2v) is 9.25. The van der Waals surface area contributed by atoms with E-state index < -0.39 is 0 Å². The van der Waals surface area contributed by atoms with Crippen molar-refractivity contribution in [2.75, 3.05) is 48.9 Å². The molecular weight excluding hydrogens is 492 g/mol. The minimum atomic E-state index is -0.238. The van der Waals surface area contributed by atoms with Gasteiger partial charge in [-0.3, -0.25) is 9.59 Å². The maximum atomic E-state index is 13.0. The summed E-state index contributed by atoms with van der Waals surface area (Å²) in [4.78, 5) is 32.1. The zero-order chi connectivity index (χ0) is 27.2. The number of carbonyl (C=O) groups is 2. The van der Waals surface area contributed by atoms with Crippen LogP contribution in [0.3, 0.4) is 0 Å². The minimum Gasteiger partial charge on any atom is -0.481 e. The maximum Gasteiger partial charge on any atom is 0.255 e. The van der Waals surface area contributed by atoms with Gasteiger partial charge in [-0.15, -0.1) is 0 Å². The molecule has 5 rings (SSSR count). The van der Waals surface area contributed by atoms with Gasteiger partial charge in [0.15, 0.2) is 0 Å². The van der Waals surface area contributed by atoms with E-state index in [0.717, 1.165) is 54.4 Å². The lowest BCUT2D eigenvalue weighted by atomic mass is 9.97. The predicted molar refractivity (Wildman–Crippen MR) is 153 cm³/mol. The number of aromatic nitrogens is 1. The van der Waals surface area contributed by atoms with Gasteiger partial charge < -0.3 is 25.0 Å². The summed E-state index contributed by atoms with van der Waals surface area (Å²) in [7, 11) is 1.54. The first kappa shape index (κ1) is 25.9. The zero-order valence-corrected chi connectivity index (χ0v) is 21.9. The molecule has 0 radical (unpaired) electrons. The van der Waals surface area contributed by atoms with Crippen LogP contribution in [0.15, 0.2) is 85.1 Å². The molecule has 39 heavy (non-hydrogen) atoms. The summed E-state index contributed by atoms with van der Waals surface area (Å²) >= 11 is 0. The van der Waals surface area contributed by atoms with Crippen LogP contribution in [0.1, 0.15) is 26.3 Å². The van der Waals surface area contributed by atoms with Crippen molar-refractivity contribution in [2.45, 2.75) is 6.92 Å². The quantitative estimate of drug-likeness (QED) is 0.337. The van der Waals surface area contributed by atoms with Gasteiger partial charge in [-0.05, 0) is 78.2 Å². The molecular formula is C31H30N4O4. The first-order valence-electron chi connectivity index (χ1n) is 12.8. The smallest absolute Gasteiger partial charge is 0.255 e. The Bertz CT molecular complexity index is 1450. The van der Waals surface area contributed by atoms with Gasteiger partial charge in [0.25, 0.3) is 11.8 Å². The molecule has 4 aromatic rings. The second kappa shape index (κ2) is 11.8. The average molecular weight is 523 g/mol. The lowest BCUT2D eigenvalue weighted by molar-refractivity contribution is 0.101. The van der Waals surface area contributed by atoms with E-state index in [1.165, 1.54) is 7.11 Å². The Morgan fingerprint density at radius 1 is 0.821 bits per heavy atom. The molecule has 0 spiro atoms. The van der Waals surface area contributed by atoms with Crippen molar-refractivity contribution in [1.29, 1.82) is 0 Å². The highest BCUT2D eigenvalue weighted by Gasteiger charge is 2.14. The molecule has 8 heteroatoms. The number of aryl methyl sites for hydroxylation is 1. The fourth-order valence-corrected chi connectivity index (χ4v) is 4.43. The van der Waals surface area contributed by atoms with Crippen LogP contribution in [0.25, 0.3) is 11.1 Å². The molecule has 1 aliphatic rings. The largest absolute Gasteiger partial charge is 0.481 e. The Hall–Kier alpha value is -4.69. The Balaban J connectivity index is 1.26. The van der Waals surface area contributed by atoms with E-state index in [0.29, 0.717) is 22.7 Å². The van der Waals surface area contributed by atoms with Gasteiger partial charge in [-0.1, -0.05) is 18.2 Å². The highest BCUT2D eigenvalue weighted by molar-refractivity contribution is 6.06. The van der Waals surface area contributed by atoms with Gasteiger partial charge in [0.05, 0.1) is 32.2 Å². The third kappa shape index (κ3) is 6.25. The Labute approximate surface area is 227 Å². The third-order valence-electron chi connectivity index (χ3n) is 6.66. The topological polar surface area (TPSA) is 92.8 Å². The van der Waals surface area contributed by atoms with Crippen LogP contribution in [0, 0.1) is 6.92 Å². The molecule has 8 nitrogen and oxygen atoms in total. The van der Waals surface area contributed by atoms with Gasteiger partial charge in [-0.2, -0.15) is 0 Å². The molecule has 2 N–H and O–H groups in total. The van der Waals surface area contributed by atoms with Crippen molar-refractivity contribution in [1.82, 2.24) is 4.98 Å². The number of benzene rings is 3. The number of rotatable bonds is 7. The normalized spacial score (nSPS) is 13.0. The van der Waals surface area contributed by atoms with Crippen molar-refractivity contribution in [3.63, 3.8) is 0 Å². The van der Waals surface area contributed by atoms with Crippen molar-refractivity contribution < 1.29 is 19.1 Å². The zero-order valence-electron chi connectivity index (χ0n) is 21.9. The Morgan fingerprint density at radius 3 is 2.13 bits per heavy atom. The second-order valence-electron chi connectivity index (χ2n) is 9.25. The highest BCUT2D eigenvalue weighted by Crippen LogP contribution is 2.26. The predicted octanol–water partition coefficient (Wildman–Crippen LogP) is 5.41. The van der Waals surface area contributed by atoms with E-state index in [-0.39, 0.29) is 11.8 Å². The Kier molecular flexibility index (Phi) is 7.84. The molecule has 1 aliphatic heterocycles. The molecule has 0 aliphatic carbocycles. The van der Waals surface area contributed by atoms with E-state index in [4.69, 9.17) is 9.47 Å². The Morgan fingerprint density at radius 2 is 1.46 bits per heavy atom. The van der Waals surface area contributed by atoms with E-state index >= 15 is 0 Å². The number of pyridine rings is 1. The molecule has 0 bridgehead atoms. The number of carbonyl (C=O) groups excluding carboxylic acids is 2. The molecule has 3 aromatic carbocycles. The van der Waals surface area contributed by atoms with Gasteiger partial charge >= 0.3 is 0 Å². The summed E-state index contributed by atoms with van der Waals surface area (Å²) in [5, 5.41) is 5.82. The van der Waals surface area contributed by atoms with E-state index in [1.54, 1.807) is 30.5 Å². The fraction of sp³-hybridized carbons (Fsp3) is 0.194. The van der Waals surface area contributed by atoms with Crippen molar-refractivity contribution in [3.05, 3.63) is 102 Å². The summed E-state index contributed by atoms with van der Waals surface area (Å²) in [6.45, 7) is 5.18. The summed E-state index contributed by atoms with van der Waals surface area (Å²) in [6, 6.07) is 24.2. The summed E-state index contributed by atoms with van der Waals surface area (Å²) in [5.41, 5.74) is 6.38. The van der Waals surface area contributed by atoms with Crippen LogP contribution in [0.5, 0.6) is 5.88 Å². The van der Waals surface area contributed by atoms with Crippen LogP contribution in [0.4, 0.5) is 17.1 Å². The molecule has 2 heterocycles.